The van der Waals surface area contributed by atoms with Gasteiger partial charge in [-0.05, 0) is 79.0 Å². The topological polar surface area (TPSA) is 303 Å². The summed E-state index contributed by atoms with van der Waals surface area (Å²) in [5.74, 6) is -0.00724. The summed E-state index contributed by atoms with van der Waals surface area (Å²) in [4.78, 5) is 49.7. The molecule has 0 saturated carbocycles. The summed E-state index contributed by atoms with van der Waals surface area (Å²) in [5, 5.41) is 5.72. The molecule has 14 N–H and O–H groups in total. The van der Waals surface area contributed by atoms with E-state index in [1.54, 1.807) is 87.0 Å². The predicted octanol–water partition coefficient (Wildman–Crippen LogP) is 2.39. The molecule has 0 aliphatic heterocycles. The molecule has 2 aromatic heterocycles. The molecule has 2 aromatic carbocycles. The van der Waals surface area contributed by atoms with Crippen molar-refractivity contribution in [3.8, 4) is 0 Å². The van der Waals surface area contributed by atoms with Crippen molar-refractivity contribution in [3.63, 3.8) is 0 Å². The number of carbonyl (C=O) groups is 4. The number of hydrogen-bond donors (Lipinski definition) is 8. The number of methoxy groups -OCH3 is 2. The van der Waals surface area contributed by atoms with E-state index < -0.39 is 11.6 Å². The fourth-order valence-corrected chi connectivity index (χ4v) is 4.42. The number of nitrogens with one attached hydrogen (secondary N) is 2. The maximum Gasteiger partial charge on any atom is 0.165 e. The second kappa shape index (κ2) is 32.9. The van der Waals surface area contributed by atoms with Crippen LogP contribution in [0.1, 0.15) is 38.3 Å². The monoisotopic (exact) mass is 852 g/mol. The lowest BCUT2D eigenvalue weighted by Crippen LogP contribution is -2.05. The SMILES string of the molecule is CNc1cc(CCCc2cc(NC)c(C=O)cc2F)c(F)cc1C=O.COCCN.COCCN.N/C(C=O)=C\C=C(/N)n1ccnc1.N/C(C=O)=C\C=C(/N)n1ccnc1. The van der Waals surface area contributed by atoms with Crippen LogP contribution in [0.5, 0.6) is 0 Å². The first-order chi connectivity index (χ1) is 29.3. The smallest absolute Gasteiger partial charge is 0.165 e. The van der Waals surface area contributed by atoms with Crippen molar-refractivity contribution >= 4 is 48.2 Å². The van der Waals surface area contributed by atoms with Gasteiger partial charge in [0.2, 0.25) is 0 Å². The molecule has 20 heteroatoms. The molecule has 18 nitrogen and oxygen atoms in total. The lowest BCUT2D eigenvalue weighted by molar-refractivity contribution is -0.105. The second-order valence-corrected chi connectivity index (χ2v) is 11.9. The van der Waals surface area contributed by atoms with E-state index >= 15 is 0 Å². The molecule has 0 amide bonds. The van der Waals surface area contributed by atoms with Crippen LogP contribution < -0.4 is 45.0 Å². The molecule has 0 aliphatic carbocycles. The Morgan fingerprint density at radius 2 is 1.03 bits per heavy atom. The summed E-state index contributed by atoms with van der Waals surface area (Å²) < 4.78 is 40.5. The van der Waals surface area contributed by atoms with Gasteiger partial charge in [0, 0.05) is 88.7 Å². The van der Waals surface area contributed by atoms with Gasteiger partial charge in [-0.15, -0.1) is 0 Å². The minimum atomic E-state index is -0.450. The van der Waals surface area contributed by atoms with Gasteiger partial charge in [0.1, 0.15) is 35.9 Å². The first-order valence-corrected chi connectivity index (χ1v) is 18.4. The van der Waals surface area contributed by atoms with Crippen LogP contribution in [0.4, 0.5) is 20.2 Å². The highest BCUT2D eigenvalue weighted by Gasteiger charge is 2.12. The summed E-state index contributed by atoms with van der Waals surface area (Å²) in [7, 11) is 6.58. The Labute approximate surface area is 354 Å². The fourth-order valence-electron chi connectivity index (χ4n) is 4.42. The van der Waals surface area contributed by atoms with Crippen LogP contribution in [0.25, 0.3) is 11.6 Å². The van der Waals surface area contributed by atoms with E-state index in [1.165, 1.54) is 36.4 Å². The molecule has 0 aliphatic rings. The zero-order valence-corrected chi connectivity index (χ0v) is 34.8. The van der Waals surface area contributed by atoms with Gasteiger partial charge < -0.3 is 54.5 Å². The normalized spacial score (nSPS) is 11.1. The van der Waals surface area contributed by atoms with Gasteiger partial charge in [-0.3, -0.25) is 28.3 Å². The number of aldehydes is 4. The summed E-state index contributed by atoms with van der Waals surface area (Å²) >= 11 is 0. The van der Waals surface area contributed by atoms with Crippen LogP contribution in [0.3, 0.4) is 0 Å². The number of anilines is 2. The van der Waals surface area contributed by atoms with Crippen molar-refractivity contribution in [1.29, 1.82) is 0 Å². The second-order valence-electron chi connectivity index (χ2n) is 11.9. The van der Waals surface area contributed by atoms with Crippen molar-refractivity contribution in [2.24, 2.45) is 34.4 Å². The standard InChI is InChI=1S/C19H20F2N2O2.2C8H10N4O.2C3H9NO/c1-22-18-8-12(16(20)6-14(18)10-24)4-3-5-13-9-19(23-2)15(11-25)7-17(13)21;2*9-7(5-13)1-2-8(10)12-4-3-11-6-12;2*1-5-3-2-4/h6-11,22-23H,3-5H2,1-2H3;2*1-6H,9-10H2;2*2-4H2,1H3/b;2*7-1-,8-2+;;. The Morgan fingerprint density at radius 3 is 1.28 bits per heavy atom. The Balaban J connectivity index is 0.000000844. The van der Waals surface area contributed by atoms with Gasteiger partial charge in [0.15, 0.2) is 25.1 Å². The predicted molar refractivity (Wildman–Crippen MR) is 235 cm³/mol. The van der Waals surface area contributed by atoms with Crippen LogP contribution in [-0.2, 0) is 31.9 Å². The van der Waals surface area contributed by atoms with Gasteiger partial charge in [-0.25, -0.2) is 18.7 Å². The number of aryl methyl sites for hydroxylation is 2. The number of benzene rings is 2. The average Bonchev–Trinajstić information content (AvgIpc) is 4.03. The van der Waals surface area contributed by atoms with Crippen molar-refractivity contribution in [2.45, 2.75) is 19.3 Å². The quantitative estimate of drug-likeness (QED) is 0.0405. The molecule has 0 fully saturated rings. The molecule has 0 atom stereocenters. The summed E-state index contributed by atoms with van der Waals surface area (Å²) in [5.41, 5.74) is 34.6. The van der Waals surface area contributed by atoms with Crippen LogP contribution in [-0.4, -0.2) is 98.9 Å². The van der Waals surface area contributed by atoms with E-state index in [9.17, 15) is 28.0 Å². The zero-order valence-electron chi connectivity index (χ0n) is 34.8. The van der Waals surface area contributed by atoms with Gasteiger partial charge >= 0.3 is 0 Å². The third-order valence-corrected chi connectivity index (χ3v) is 7.54. The third kappa shape index (κ3) is 22.1. The number of nitrogens with zero attached hydrogens (tertiary/aromatic N) is 4. The maximum absolute atomic E-state index is 14.1. The first kappa shape index (κ1) is 54.0. The van der Waals surface area contributed by atoms with Crippen molar-refractivity contribution in [3.05, 3.63) is 131 Å². The Bertz CT molecular complexity index is 1860. The molecule has 332 valence electrons. The molecule has 61 heavy (non-hydrogen) atoms. The summed E-state index contributed by atoms with van der Waals surface area (Å²) in [6.07, 6.45) is 19.3. The molecule has 0 radical (unpaired) electrons. The number of aromatic nitrogens is 4. The minimum absolute atomic E-state index is 0.128. The van der Waals surface area contributed by atoms with Crippen molar-refractivity contribution < 1.29 is 37.4 Å². The van der Waals surface area contributed by atoms with E-state index in [4.69, 9.17) is 34.4 Å². The highest BCUT2D eigenvalue weighted by molar-refractivity contribution is 5.85. The lowest BCUT2D eigenvalue weighted by atomic mass is 9.99. The number of ether oxygens (including phenoxy) is 2. The molecular formula is C41H58F2N12O6. The molecule has 0 saturated heterocycles. The van der Waals surface area contributed by atoms with Gasteiger partial charge in [0.05, 0.1) is 24.6 Å². The number of rotatable bonds is 18. The van der Waals surface area contributed by atoms with Crippen LogP contribution >= 0.6 is 0 Å². The number of nitrogens with two attached hydrogens (primary N) is 6. The van der Waals surface area contributed by atoms with Crippen molar-refractivity contribution in [1.82, 2.24) is 19.1 Å². The largest absolute Gasteiger partial charge is 0.396 e. The Morgan fingerprint density at radius 1 is 0.656 bits per heavy atom. The van der Waals surface area contributed by atoms with Crippen LogP contribution in [0, 0.1) is 11.6 Å². The number of hydrogen-bond acceptors (Lipinski definition) is 16. The average molecular weight is 853 g/mol. The first-order valence-electron chi connectivity index (χ1n) is 18.4. The molecule has 4 aromatic rings. The Hall–Kier alpha value is -7.00. The molecule has 0 spiro atoms. The minimum Gasteiger partial charge on any atom is -0.396 e. The fraction of sp³-hybridized carbons (Fsp3) is 0.268. The number of imidazole rings is 2. The van der Waals surface area contributed by atoms with E-state index in [-0.39, 0.29) is 22.5 Å². The van der Waals surface area contributed by atoms with E-state index in [0.717, 1.165) is 0 Å². The highest BCUT2D eigenvalue weighted by Crippen LogP contribution is 2.23. The molecular weight excluding hydrogens is 795 g/mol. The number of allylic oxidation sites excluding steroid dienone is 6. The van der Waals surface area contributed by atoms with Crippen LogP contribution in [0.15, 0.2) is 97.4 Å². The highest BCUT2D eigenvalue weighted by atomic mass is 19.1. The summed E-state index contributed by atoms with van der Waals surface area (Å²) in [6.45, 7) is 2.58. The summed E-state index contributed by atoms with van der Waals surface area (Å²) in [6, 6.07) is 5.60. The van der Waals surface area contributed by atoms with Gasteiger partial charge in [-0.1, -0.05) is 0 Å². The van der Waals surface area contributed by atoms with Crippen molar-refractivity contribution in [2.75, 3.05) is 65.3 Å². The van der Waals surface area contributed by atoms with E-state index in [0.29, 0.717) is 105 Å². The zero-order chi connectivity index (χ0) is 46.0. The van der Waals surface area contributed by atoms with E-state index in [1.807, 2.05) is 0 Å². The van der Waals surface area contributed by atoms with Crippen LogP contribution in [0.2, 0.25) is 0 Å². The van der Waals surface area contributed by atoms with E-state index in [2.05, 4.69) is 30.1 Å². The Kier molecular flexibility index (Phi) is 29.1. The molecule has 2 heterocycles. The molecule has 0 bridgehead atoms. The molecule has 4 rings (SSSR count). The maximum atomic E-state index is 14.1. The van der Waals surface area contributed by atoms with Gasteiger partial charge in [-0.2, -0.15) is 0 Å². The number of halogens is 2. The third-order valence-electron chi connectivity index (χ3n) is 7.54. The number of carbonyl (C=O) groups excluding carboxylic acids is 4. The molecule has 0 unspecified atom stereocenters. The lowest BCUT2D eigenvalue weighted by Gasteiger charge is -2.11. The van der Waals surface area contributed by atoms with Gasteiger partial charge in [0.25, 0.3) is 0 Å².